The second kappa shape index (κ2) is 7.50. The molecule has 0 radical (unpaired) electrons. The summed E-state index contributed by atoms with van der Waals surface area (Å²) < 4.78 is 0. The Kier molecular flexibility index (Phi) is 4.96. The van der Waals surface area contributed by atoms with Crippen molar-refractivity contribution in [3.63, 3.8) is 0 Å². The largest absolute Gasteiger partial charge is 0.380 e. The summed E-state index contributed by atoms with van der Waals surface area (Å²) in [4.78, 5) is 31.9. The van der Waals surface area contributed by atoms with E-state index in [9.17, 15) is 9.59 Å². The van der Waals surface area contributed by atoms with Crippen molar-refractivity contribution in [3.8, 4) is 0 Å². The lowest BCUT2D eigenvalue weighted by Gasteiger charge is -2.14. The molecule has 0 bridgehead atoms. The van der Waals surface area contributed by atoms with Gasteiger partial charge in [0.05, 0.1) is 0 Å². The molecule has 0 aliphatic heterocycles. The predicted molar refractivity (Wildman–Crippen MR) is 94.2 cm³/mol. The van der Waals surface area contributed by atoms with E-state index in [2.05, 4.69) is 20.6 Å². The van der Waals surface area contributed by atoms with Crippen LogP contribution in [0, 0.1) is 0 Å². The molecule has 3 rings (SSSR count). The van der Waals surface area contributed by atoms with E-state index in [1.165, 1.54) is 0 Å². The van der Waals surface area contributed by atoms with Gasteiger partial charge in [-0.1, -0.05) is 12.1 Å². The van der Waals surface area contributed by atoms with Crippen LogP contribution < -0.4 is 21.5 Å². The Morgan fingerprint density at radius 3 is 1.54 bits per heavy atom. The molecule has 122 valence electrons. The molecule has 24 heavy (non-hydrogen) atoms. The van der Waals surface area contributed by atoms with Crippen molar-refractivity contribution in [1.82, 2.24) is 9.97 Å². The lowest BCUT2D eigenvalue weighted by molar-refractivity contribution is 0.944. The van der Waals surface area contributed by atoms with E-state index in [-0.39, 0.29) is 0 Å². The zero-order valence-electron chi connectivity index (χ0n) is 13.2. The third-order valence-electron chi connectivity index (χ3n) is 3.73. The standard InChI is InChI=1S/C18H18N4O2/c23-17-15(21-11-7-13-5-1-3-9-19-13)16(18(17)24)22-12-8-14-6-2-4-10-20-14/h1-6,9-10,21-22H,7-8,11-12H2. The average molecular weight is 322 g/mol. The van der Waals surface area contributed by atoms with Crippen molar-refractivity contribution in [3.05, 3.63) is 80.6 Å². The summed E-state index contributed by atoms with van der Waals surface area (Å²) in [6.45, 7) is 1.10. The molecule has 6 heteroatoms. The normalized spacial score (nSPS) is 10.7. The Morgan fingerprint density at radius 1 is 0.708 bits per heavy atom. The fraction of sp³-hybridized carbons (Fsp3) is 0.222. The first-order valence-electron chi connectivity index (χ1n) is 7.86. The van der Waals surface area contributed by atoms with Crippen LogP contribution >= 0.6 is 0 Å². The molecule has 0 aliphatic rings. The summed E-state index contributed by atoms with van der Waals surface area (Å²) in [5.41, 5.74) is 1.70. The molecule has 2 aromatic heterocycles. The van der Waals surface area contributed by atoms with Crippen LogP contribution in [-0.4, -0.2) is 23.1 Å². The zero-order chi connectivity index (χ0) is 16.8. The Balaban J connectivity index is 1.52. The second-order valence-corrected chi connectivity index (χ2v) is 5.40. The van der Waals surface area contributed by atoms with Gasteiger partial charge < -0.3 is 10.6 Å². The number of nitrogens with zero attached hydrogens (tertiary/aromatic N) is 2. The van der Waals surface area contributed by atoms with Crippen molar-refractivity contribution in [2.75, 3.05) is 23.7 Å². The molecule has 0 saturated carbocycles. The fourth-order valence-corrected chi connectivity index (χ4v) is 2.45. The topological polar surface area (TPSA) is 84.0 Å². The summed E-state index contributed by atoms with van der Waals surface area (Å²) in [7, 11) is 0. The molecule has 2 heterocycles. The molecule has 1 aromatic carbocycles. The summed E-state index contributed by atoms with van der Waals surface area (Å²) in [5.74, 6) is 0. The Hall–Kier alpha value is -3.02. The van der Waals surface area contributed by atoms with Crippen LogP contribution in [0.5, 0.6) is 0 Å². The van der Waals surface area contributed by atoms with E-state index in [0.29, 0.717) is 37.3 Å². The summed E-state index contributed by atoms with van der Waals surface area (Å²) >= 11 is 0. The van der Waals surface area contributed by atoms with Gasteiger partial charge in [-0.3, -0.25) is 19.6 Å². The summed E-state index contributed by atoms with van der Waals surface area (Å²) in [6.07, 6.45) is 4.84. The number of hydrogen-bond acceptors (Lipinski definition) is 6. The maximum absolute atomic E-state index is 11.7. The third kappa shape index (κ3) is 3.65. The molecule has 0 aliphatic carbocycles. The van der Waals surface area contributed by atoms with Gasteiger partial charge in [0.1, 0.15) is 11.4 Å². The molecule has 3 aromatic rings. The first kappa shape index (κ1) is 15.9. The minimum Gasteiger partial charge on any atom is -0.380 e. The number of rotatable bonds is 8. The third-order valence-corrected chi connectivity index (χ3v) is 3.73. The summed E-state index contributed by atoms with van der Waals surface area (Å²) in [5, 5.41) is 6.08. The molecule has 0 fully saturated rings. The molecule has 0 amide bonds. The van der Waals surface area contributed by atoms with Crippen LogP contribution in [0.3, 0.4) is 0 Å². The maximum atomic E-state index is 11.7. The van der Waals surface area contributed by atoms with Gasteiger partial charge in [0, 0.05) is 49.7 Å². The van der Waals surface area contributed by atoms with Crippen LogP contribution in [0.15, 0.2) is 58.4 Å². The van der Waals surface area contributed by atoms with Crippen molar-refractivity contribution in [1.29, 1.82) is 0 Å². The molecular formula is C18H18N4O2. The van der Waals surface area contributed by atoms with Gasteiger partial charge in [0.25, 0.3) is 10.9 Å². The molecular weight excluding hydrogens is 304 g/mol. The van der Waals surface area contributed by atoms with E-state index in [0.717, 1.165) is 11.4 Å². The molecule has 0 spiro atoms. The van der Waals surface area contributed by atoms with Crippen LogP contribution in [0.25, 0.3) is 0 Å². The lowest BCUT2D eigenvalue weighted by atomic mass is 10.1. The molecule has 6 nitrogen and oxygen atoms in total. The fourth-order valence-electron chi connectivity index (χ4n) is 2.45. The highest BCUT2D eigenvalue weighted by Gasteiger charge is 2.19. The van der Waals surface area contributed by atoms with Gasteiger partial charge in [-0.2, -0.15) is 0 Å². The SMILES string of the molecule is O=c1c(NCCc2ccccn2)c(NCCc2ccccn2)c1=O. The zero-order valence-corrected chi connectivity index (χ0v) is 13.2. The highest BCUT2D eigenvalue weighted by Crippen LogP contribution is 2.14. The Labute approximate surface area is 139 Å². The Morgan fingerprint density at radius 2 is 1.17 bits per heavy atom. The monoisotopic (exact) mass is 322 g/mol. The molecule has 2 N–H and O–H groups in total. The van der Waals surface area contributed by atoms with Crippen LogP contribution in [0.1, 0.15) is 11.4 Å². The van der Waals surface area contributed by atoms with Gasteiger partial charge >= 0.3 is 0 Å². The van der Waals surface area contributed by atoms with E-state index >= 15 is 0 Å². The van der Waals surface area contributed by atoms with Crippen molar-refractivity contribution in [2.24, 2.45) is 0 Å². The van der Waals surface area contributed by atoms with Crippen molar-refractivity contribution < 1.29 is 0 Å². The van der Waals surface area contributed by atoms with E-state index < -0.39 is 10.9 Å². The average Bonchev–Trinajstić information content (AvgIpc) is 2.64. The first-order chi connectivity index (χ1) is 11.8. The van der Waals surface area contributed by atoms with Crippen LogP contribution in [-0.2, 0) is 12.8 Å². The van der Waals surface area contributed by atoms with Gasteiger partial charge in [0.2, 0.25) is 0 Å². The molecule has 0 saturated heterocycles. The molecule has 0 unspecified atom stereocenters. The maximum Gasteiger partial charge on any atom is 0.253 e. The summed E-state index contributed by atoms with van der Waals surface area (Å²) in [6, 6.07) is 11.4. The minimum absolute atomic E-state index is 0.372. The first-order valence-corrected chi connectivity index (χ1v) is 7.86. The van der Waals surface area contributed by atoms with Crippen LogP contribution in [0.2, 0.25) is 0 Å². The number of hydrogen-bond donors (Lipinski definition) is 2. The van der Waals surface area contributed by atoms with Gasteiger partial charge in [0.15, 0.2) is 0 Å². The molecule has 0 atom stereocenters. The van der Waals surface area contributed by atoms with E-state index in [1.54, 1.807) is 12.4 Å². The lowest BCUT2D eigenvalue weighted by Crippen LogP contribution is -2.38. The Bertz CT molecular complexity index is 783. The van der Waals surface area contributed by atoms with Crippen molar-refractivity contribution >= 4 is 11.4 Å². The number of pyridine rings is 2. The highest BCUT2D eigenvalue weighted by molar-refractivity contribution is 5.73. The minimum atomic E-state index is -0.462. The number of aromatic nitrogens is 2. The van der Waals surface area contributed by atoms with Gasteiger partial charge in [-0.05, 0) is 24.3 Å². The van der Waals surface area contributed by atoms with Crippen LogP contribution in [0.4, 0.5) is 11.4 Å². The predicted octanol–water partition coefficient (Wildman–Crippen LogP) is 1.38. The van der Waals surface area contributed by atoms with E-state index in [4.69, 9.17) is 0 Å². The second-order valence-electron chi connectivity index (χ2n) is 5.40. The quantitative estimate of drug-likeness (QED) is 0.610. The smallest absolute Gasteiger partial charge is 0.253 e. The van der Waals surface area contributed by atoms with Crippen molar-refractivity contribution in [2.45, 2.75) is 12.8 Å². The number of anilines is 2. The number of nitrogens with one attached hydrogen (secondary N) is 2. The highest BCUT2D eigenvalue weighted by atomic mass is 16.2. The van der Waals surface area contributed by atoms with Gasteiger partial charge in [-0.25, -0.2) is 0 Å². The van der Waals surface area contributed by atoms with E-state index in [1.807, 2.05) is 36.4 Å². The van der Waals surface area contributed by atoms with Gasteiger partial charge in [-0.15, -0.1) is 0 Å².